The Morgan fingerprint density at radius 2 is 1.88 bits per heavy atom. The molecule has 2 aromatic rings. The van der Waals surface area contributed by atoms with Gasteiger partial charge in [0, 0.05) is 31.6 Å². The fourth-order valence-corrected chi connectivity index (χ4v) is 5.30. The molecule has 0 aliphatic carbocycles. The predicted molar refractivity (Wildman–Crippen MR) is 123 cm³/mol. The van der Waals surface area contributed by atoms with Gasteiger partial charge in [-0.05, 0) is 74.3 Å². The zero-order valence-corrected chi connectivity index (χ0v) is 19.7. The summed E-state index contributed by atoms with van der Waals surface area (Å²) in [6.07, 6.45) is 2.87. The summed E-state index contributed by atoms with van der Waals surface area (Å²) in [6, 6.07) is 12.5. The Bertz CT molecular complexity index is 1010. The van der Waals surface area contributed by atoms with Gasteiger partial charge in [-0.1, -0.05) is 23.7 Å². The number of likely N-dealkylation sites (tertiary alicyclic amines) is 1. The summed E-state index contributed by atoms with van der Waals surface area (Å²) in [5.74, 6) is -0.614. The minimum Gasteiger partial charge on any atom is -0.354 e. The summed E-state index contributed by atoms with van der Waals surface area (Å²) in [7, 11) is -2.26. The Kier molecular flexibility index (Phi) is 8.64. The smallest absolute Gasteiger partial charge is 0.242 e. The first-order valence-electron chi connectivity index (χ1n) is 10.8. The molecule has 6 nitrogen and oxygen atoms in total. The molecule has 1 heterocycles. The van der Waals surface area contributed by atoms with Crippen LogP contribution in [0.1, 0.15) is 37.3 Å². The van der Waals surface area contributed by atoms with Crippen LogP contribution in [0.2, 0.25) is 5.02 Å². The van der Waals surface area contributed by atoms with Crippen molar-refractivity contribution in [3.8, 4) is 0 Å². The number of halogens is 2. The van der Waals surface area contributed by atoms with E-state index in [1.54, 1.807) is 0 Å². The summed E-state index contributed by atoms with van der Waals surface area (Å²) in [5.41, 5.74) is 1.07. The standard InChI is InChI=1S/C23H29ClFN3O3S/c1-27(32(30,31)21-11-9-20(25)10-12-21)13-5-8-23(29)26-17-22(28-14-2-3-15-28)18-6-4-7-19(24)16-18/h4,6-7,9-12,16,22H,2-3,5,8,13-15,17H2,1H3,(H,26,29). The minimum atomic E-state index is -3.71. The molecular formula is C23H29ClFN3O3S. The van der Waals surface area contributed by atoms with E-state index in [9.17, 15) is 17.6 Å². The van der Waals surface area contributed by atoms with Crippen molar-refractivity contribution in [2.45, 2.75) is 36.6 Å². The number of rotatable bonds is 10. The molecule has 1 atom stereocenters. The lowest BCUT2D eigenvalue weighted by molar-refractivity contribution is -0.121. The van der Waals surface area contributed by atoms with Crippen LogP contribution >= 0.6 is 11.6 Å². The van der Waals surface area contributed by atoms with Gasteiger partial charge >= 0.3 is 0 Å². The second kappa shape index (κ2) is 11.2. The van der Waals surface area contributed by atoms with Crippen LogP contribution < -0.4 is 5.32 Å². The van der Waals surface area contributed by atoms with E-state index < -0.39 is 15.8 Å². The largest absolute Gasteiger partial charge is 0.354 e. The lowest BCUT2D eigenvalue weighted by Crippen LogP contribution is -2.37. The van der Waals surface area contributed by atoms with E-state index in [0.29, 0.717) is 18.0 Å². The van der Waals surface area contributed by atoms with E-state index in [4.69, 9.17) is 11.6 Å². The summed E-state index contributed by atoms with van der Waals surface area (Å²) in [5, 5.41) is 3.66. The van der Waals surface area contributed by atoms with Gasteiger partial charge in [0.1, 0.15) is 5.82 Å². The summed E-state index contributed by atoms with van der Waals surface area (Å²) in [4.78, 5) is 14.8. The highest BCUT2D eigenvalue weighted by atomic mass is 35.5. The highest BCUT2D eigenvalue weighted by Gasteiger charge is 2.24. The normalized spacial score (nSPS) is 15.8. The van der Waals surface area contributed by atoms with Gasteiger partial charge in [0.05, 0.1) is 10.9 Å². The zero-order chi connectivity index (χ0) is 23.1. The third-order valence-electron chi connectivity index (χ3n) is 5.71. The van der Waals surface area contributed by atoms with E-state index in [0.717, 1.165) is 43.6 Å². The second-order valence-electron chi connectivity index (χ2n) is 8.00. The Morgan fingerprint density at radius 3 is 2.53 bits per heavy atom. The van der Waals surface area contributed by atoms with Crippen molar-refractivity contribution >= 4 is 27.5 Å². The number of nitrogens with one attached hydrogen (secondary N) is 1. The van der Waals surface area contributed by atoms with Crippen molar-refractivity contribution < 1.29 is 17.6 Å². The second-order valence-corrected chi connectivity index (χ2v) is 10.5. The van der Waals surface area contributed by atoms with Crippen LogP contribution in [-0.4, -0.2) is 56.8 Å². The third kappa shape index (κ3) is 6.51. The van der Waals surface area contributed by atoms with Gasteiger partial charge in [0.2, 0.25) is 15.9 Å². The van der Waals surface area contributed by atoms with Crippen LogP contribution in [0.25, 0.3) is 0 Å². The van der Waals surface area contributed by atoms with Gasteiger partial charge < -0.3 is 5.32 Å². The average Bonchev–Trinajstić information content (AvgIpc) is 3.29. The van der Waals surface area contributed by atoms with Crippen molar-refractivity contribution in [1.82, 2.24) is 14.5 Å². The number of carbonyl (C=O) groups is 1. The quantitative estimate of drug-likeness (QED) is 0.560. The van der Waals surface area contributed by atoms with Gasteiger partial charge in [0.25, 0.3) is 0 Å². The Labute approximate surface area is 194 Å². The van der Waals surface area contributed by atoms with E-state index in [-0.39, 0.29) is 29.8 Å². The van der Waals surface area contributed by atoms with Crippen LogP contribution in [0, 0.1) is 5.82 Å². The molecule has 0 aromatic heterocycles. The SMILES string of the molecule is CN(CCCC(=O)NCC(c1cccc(Cl)c1)N1CCCC1)S(=O)(=O)c1ccc(F)cc1. The first-order valence-corrected chi connectivity index (χ1v) is 12.6. The van der Waals surface area contributed by atoms with E-state index in [2.05, 4.69) is 10.2 Å². The number of hydrogen-bond acceptors (Lipinski definition) is 4. The van der Waals surface area contributed by atoms with Crippen LogP contribution in [0.3, 0.4) is 0 Å². The molecule has 1 aliphatic heterocycles. The monoisotopic (exact) mass is 481 g/mol. The number of nitrogens with zero attached hydrogens (tertiary/aromatic N) is 2. The molecule has 174 valence electrons. The van der Waals surface area contributed by atoms with Crippen molar-refractivity contribution in [2.24, 2.45) is 0 Å². The molecule has 32 heavy (non-hydrogen) atoms. The molecule has 1 saturated heterocycles. The molecule has 2 aromatic carbocycles. The van der Waals surface area contributed by atoms with E-state index in [1.807, 2.05) is 24.3 Å². The van der Waals surface area contributed by atoms with Gasteiger partial charge in [-0.25, -0.2) is 17.1 Å². The first-order chi connectivity index (χ1) is 15.3. The molecule has 0 spiro atoms. The number of sulfonamides is 1. The van der Waals surface area contributed by atoms with Gasteiger partial charge in [-0.15, -0.1) is 0 Å². The van der Waals surface area contributed by atoms with Gasteiger partial charge in [-0.3, -0.25) is 9.69 Å². The topological polar surface area (TPSA) is 69.7 Å². The maximum absolute atomic E-state index is 13.1. The molecule has 1 aliphatic rings. The lowest BCUT2D eigenvalue weighted by atomic mass is 10.1. The number of benzene rings is 2. The van der Waals surface area contributed by atoms with Gasteiger partial charge in [0.15, 0.2) is 0 Å². The molecule has 9 heteroatoms. The van der Waals surface area contributed by atoms with E-state index in [1.165, 1.54) is 23.5 Å². The molecular weight excluding hydrogens is 453 g/mol. The molecule has 3 rings (SSSR count). The molecule has 0 radical (unpaired) electrons. The van der Waals surface area contributed by atoms with Crippen molar-refractivity contribution in [1.29, 1.82) is 0 Å². The summed E-state index contributed by atoms with van der Waals surface area (Å²) < 4.78 is 39.4. The van der Waals surface area contributed by atoms with Crippen molar-refractivity contribution in [2.75, 3.05) is 33.2 Å². The Hall–Kier alpha value is -2.00. The fraction of sp³-hybridized carbons (Fsp3) is 0.435. The third-order valence-corrected chi connectivity index (χ3v) is 7.81. The summed E-state index contributed by atoms with van der Waals surface area (Å²) >= 11 is 6.17. The van der Waals surface area contributed by atoms with Crippen molar-refractivity contribution in [3.05, 3.63) is 64.9 Å². The molecule has 1 amide bonds. The molecule has 0 saturated carbocycles. The van der Waals surface area contributed by atoms with Gasteiger partial charge in [-0.2, -0.15) is 0 Å². The molecule has 1 fully saturated rings. The molecule has 1 unspecified atom stereocenters. The number of hydrogen-bond donors (Lipinski definition) is 1. The molecule has 0 bridgehead atoms. The van der Waals surface area contributed by atoms with Crippen molar-refractivity contribution in [3.63, 3.8) is 0 Å². The fourth-order valence-electron chi connectivity index (χ4n) is 3.89. The van der Waals surface area contributed by atoms with Crippen LogP contribution in [0.15, 0.2) is 53.4 Å². The van der Waals surface area contributed by atoms with Crippen LogP contribution in [0.5, 0.6) is 0 Å². The maximum atomic E-state index is 13.1. The minimum absolute atomic E-state index is 0.0285. The van der Waals surface area contributed by atoms with Crippen LogP contribution in [-0.2, 0) is 14.8 Å². The first kappa shape index (κ1) is 24.6. The molecule has 1 N–H and O–H groups in total. The Balaban J connectivity index is 1.50. The Morgan fingerprint density at radius 1 is 1.19 bits per heavy atom. The zero-order valence-electron chi connectivity index (χ0n) is 18.1. The highest BCUT2D eigenvalue weighted by Crippen LogP contribution is 2.26. The number of carbonyl (C=O) groups excluding carboxylic acids is 1. The average molecular weight is 482 g/mol. The van der Waals surface area contributed by atoms with E-state index >= 15 is 0 Å². The lowest BCUT2D eigenvalue weighted by Gasteiger charge is -2.28. The van der Waals surface area contributed by atoms with Crippen LogP contribution in [0.4, 0.5) is 4.39 Å². The highest BCUT2D eigenvalue weighted by molar-refractivity contribution is 7.89. The summed E-state index contributed by atoms with van der Waals surface area (Å²) in [6.45, 7) is 2.64. The number of amides is 1. The predicted octanol–water partition coefficient (Wildman–Crippen LogP) is 3.83. The maximum Gasteiger partial charge on any atom is 0.242 e.